The smallest absolute Gasteiger partial charge is 0.202 e. The quantitative estimate of drug-likeness (QED) is 0.110. The fourth-order valence-corrected chi connectivity index (χ4v) is 11.3. The van der Waals surface area contributed by atoms with E-state index in [1.807, 2.05) is 0 Å². The number of aliphatic hydroxyl groups excluding tert-OH is 8. The first-order valence-corrected chi connectivity index (χ1v) is 26.0. The maximum atomic E-state index is 15.0. The summed E-state index contributed by atoms with van der Waals surface area (Å²) in [5, 5.41) is 120. The van der Waals surface area contributed by atoms with Gasteiger partial charge in [0.05, 0.1) is 77.6 Å². The maximum Gasteiger partial charge on any atom is 0.202 e. The number of carbonyl (C=O) groups is 2. The number of fused-ring (bicyclic) bond motifs is 2. The number of hydrogen-bond acceptors (Lipinski definition) is 24. The second-order valence-corrected chi connectivity index (χ2v) is 21.7. The van der Waals surface area contributed by atoms with Crippen LogP contribution >= 0.6 is 0 Å². The van der Waals surface area contributed by atoms with E-state index >= 15 is 4.79 Å². The second-order valence-electron chi connectivity index (χ2n) is 21.7. The van der Waals surface area contributed by atoms with Crippen molar-refractivity contribution in [3.05, 3.63) is 28.8 Å². The van der Waals surface area contributed by atoms with Gasteiger partial charge in [0.1, 0.15) is 66.1 Å². The summed E-state index contributed by atoms with van der Waals surface area (Å²) < 4.78 is 66.5. The molecule has 5 heterocycles. The van der Waals surface area contributed by atoms with Crippen LogP contribution in [0, 0.1) is 12.8 Å². The van der Waals surface area contributed by atoms with E-state index in [0.717, 1.165) is 0 Å². The van der Waals surface area contributed by atoms with Crippen molar-refractivity contribution in [1.82, 2.24) is 0 Å². The van der Waals surface area contributed by atoms with Crippen LogP contribution in [0.25, 0.3) is 10.8 Å². The Kier molecular flexibility index (Phi) is 18.1. The molecule has 5 saturated heterocycles. The van der Waals surface area contributed by atoms with Crippen molar-refractivity contribution in [3.63, 3.8) is 0 Å². The number of phenols is 2. The van der Waals surface area contributed by atoms with Gasteiger partial charge in [-0.2, -0.15) is 0 Å². The average molecular weight is 1090 g/mol. The molecule has 0 saturated carbocycles. The van der Waals surface area contributed by atoms with Crippen LogP contribution in [0.1, 0.15) is 102 Å². The lowest BCUT2D eigenvalue weighted by atomic mass is 9.75. The number of ketones is 2. The number of aliphatic hydroxyl groups is 9. The van der Waals surface area contributed by atoms with E-state index in [0.29, 0.717) is 0 Å². The molecule has 24 heteroatoms. The molecule has 0 unspecified atom stereocenters. The van der Waals surface area contributed by atoms with E-state index in [1.165, 1.54) is 46.9 Å². The lowest BCUT2D eigenvalue weighted by Crippen LogP contribution is -2.58. The monoisotopic (exact) mass is 1080 g/mol. The molecule has 0 amide bonds. The minimum absolute atomic E-state index is 0.0365. The van der Waals surface area contributed by atoms with E-state index in [-0.39, 0.29) is 71.7 Å². The molecule has 11 N–H and O–H groups in total. The predicted molar refractivity (Wildman–Crippen MR) is 259 cm³/mol. The highest BCUT2D eigenvalue weighted by molar-refractivity contribution is 6.11. The van der Waals surface area contributed by atoms with Gasteiger partial charge in [-0.1, -0.05) is 0 Å². The molecule has 0 aromatic heterocycles. The fraction of sp³-hybridized carbons (Fsp3) is 0.769. The van der Waals surface area contributed by atoms with Crippen LogP contribution in [0.4, 0.5) is 0 Å². The van der Waals surface area contributed by atoms with E-state index < -0.39 is 176 Å². The summed E-state index contributed by atoms with van der Waals surface area (Å²) in [6, 6.07) is 3.03. The molecule has 2 aromatic rings. The van der Waals surface area contributed by atoms with Crippen LogP contribution < -0.4 is 4.74 Å². The molecule has 5 aliphatic heterocycles. The van der Waals surface area contributed by atoms with E-state index in [9.17, 15) is 61.0 Å². The van der Waals surface area contributed by atoms with E-state index in [4.69, 9.17) is 52.1 Å². The van der Waals surface area contributed by atoms with E-state index in [1.54, 1.807) is 27.7 Å². The van der Waals surface area contributed by atoms with Crippen molar-refractivity contribution in [2.45, 2.75) is 241 Å². The zero-order valence-corrected chi connectivity index (χ0v) is 44.0. The first-order chi connectivity index (χ1) is 35.7. The summed E-state index contributed by atoms with van der Waals surface area (Å²) in [6.45, 7) is 12.1. The molecule has 6 aliphatic rings. The van der Waals surface area contributed by atoms with Gasteiger partial charge in [-0.15, -0.1) is 0 Å². The minimum atomic E-state index is -1.95. The molecule has 25 atom stereocenters. The van der Waals surface area contributed by atoms with Gasteiger partial charge in [0.25, 0.3) is 0 Å². The number of carbonyl (C=O) groups excluding carboxylic acids is 2. The molecule has 2 aromatic carbocycles. The third-order valence-corrected chi connectivity index (χ3v) is 15.9. The summed E-state index contributed by atoms with van der Waals surface area (Å²) >= 11 is 0. The van der Waals surface area contributed by atoms with Crippen LogP contribution in [-0.2, 0) is 58.6 Å². The topological polar surface area (TPSA) is 358 Å². The van der Waals surface area contributed by atoms with Crippen LogP contribution in [0.3, 0.4) is 0 Å². The summed E-state index contributed by atoms with van der Waals surface area (Å²) in [5.41, 5.74) is -1.47. The Bertz CT molecular complexity index is 2350. The summed E-state index contributed by atoms with van der Waals surface area (Å²) in [6.07, 6.45) is -27.0. The maximum absolute atomic E-state index is 15.0. The van der Waals surface area contributed by atoms with Crippen LogP contribution in [0.2, 0.25) is 0 Å². The van der Waals surface area contributed by atoms with Crippen molar-refractivity contribution in [2.24, 2.45) is 5.92 Å². The highest BCUT2D eigenvalue weighted by atomic mass is 16.7. The zero-order valence-electron chi connectivity index (χ0n) is 44.0. The Morgan fingerprint density at radius 2 is 1.17 bits per heavy atom. The van der Waals surface area contributed by atoms with Crippen LogP contribution in [0.15, 0.2) is 12.1 Å². The standard InChI is InChI=1S/C52H76O24/c1-18-29(72-34-14-30(43(58)21(4)68-34)73-33-13-28(54)42(57)20(3)67-33)12-26-10-25-11-27(49(66-9)48(63)41(56)19(2)53)50(47(62)39(25)46(61)38(26)40(18)55)76-36-16-31(44(59)23(6)70-36)74-35-15-32(45(60)22(5)69-35)75-37-17-52(8,65)51(64)24(7)71-37/h10,12,19-24,27-28,30-37,41-45,49-51,53-61,64-65H,11,13-17H2,1-9H3/t19-,20+,21+,22+,23+,24+,27+,28+,30+,31+,32+,33-,34-,35-,36-,37-,41-,42+,43-,44+,45+,49-,50+,51+,52+/m1/s1. The number of benzene rings is 2. The summed E-state index contributed by atoms with van der Waals surface area (Å²) in [5.74, 6) is -4.07. The SMILES string of the molecule is CO[C@@H](C(=O)[C@H](O)[C@@H](C)O)[C@@H]1Cc2cc3cc(O[C@@H]4C[C@H](O[C@@H]5C[C@H](O)[C@@H](O)[C@H](C)O5)[C@H](O)[C@H](C)O4)c(C)c(O)c3c(O)c2C(=O)[C@H]1O[C@@H]1C[C@H](O[C@@H]2C[C@H](O[C@@H]3C[C@](C)(O)[C@@H](O)[C@H](C)O3)[C@@H](O)[C@H](C)O2)[C@@H](O)[C@H](C)O1. The molecule has 5 fully saturated rings. The van der Waals surface area contributed by atoms with Gasteiger partial charge in [0.2, 0.25) is 6.29 Å². The Hall–Kier alpha value is -3.32. The molecule has 0 bridgehead atoms. The number of Topliss-reactive ketones (excluding diaryl/α,β-unsaturated/α-hetero) is 2. The number of hydrogen-bond donors (Lipinski definition) is 11. The van der Waals surface area contributed by atoms with Gasteiger partial charge >= 0.3 is 0 Å². The lowest BCUT2D eigenvalue weighted by molar-refractivity contribution is -0.334. The minimum Gasteiger partial charge on any atom is -0.507 e. The third kappa shape index (κ3) is 11.9. The zero-order chi connectivity index (χ0) is 55.6. The first kappa shape index (κ1) is 58.8. The van der Waals surface area contributed by atoms with Gasteiger partial charge in [-0.3, -0.25) is 9.59 Å². The number of aromatic hydroxyl groups is 2. The van der Waals surface area contributed by atoms with Crippen molar-refractivity contribution >= 4 is 22.3 Å². The van der Waals surface area contributed by atoms with E-state index in [2.05, 4.69) is 0 Å². The first-order valence-electron chi connectivity index (χ1n) is 26.0. The van der Waals surface area contributed by atoms with Gasteiger partial charge in [-0.05, 0) is 84.9 Å². The Labute approximate surface area is 439 Å². The summed E-state index contributed by atoms with van der Waals surface area (Å²) in [4.78, 5) is 28.9. The third-order valence-electron chi connectivity index (χ3n) is 15.9. The fourth-order valence-electron chi connectivity index (χ4n) is 11.3. The molecule has 8 rings (SSSR count). The lowest BCUT2D eigenvalue weighted by Gasteiger charge is -2.46. The van der Waals surface area contributed by atoms with Crippen molar-refractivity contribution in [3.8, 4) is 17.2 Å². The largest absolute Gasteiger partial charge is 0.507 e. The molecule has 0 spiro atoms. The Morgan fingerprint density at radius 3 is 1.70 bits per heavy atom. The molecule has 76 heavy (non-hydrogen) atoms. The number of ether oxygens (including phenoxy) is 11. The molecule has 0 radical (unpaired) electrons. The van der Waals surface area contributed by atoms with Crippen molar-refractivity contribution < 1.29 is 118 Å². The highest BCUT2D eigenvalue weighted by Crippen LogP contribution is 2.47. The van der Waals surface area contributed by atoms with Gasteiger partial charge in [0.15, 0.2) is 36.7 Å². The Balaban J connectivity index is 1.04. The molecule has 24 nitrogen and oxygen atoms in total. The van der Waals surface area contributed by atoms with Crippen molar-refractivity contribution in [2.75, 3.05) is 7.11 Å². The normalized spacial score (nSPS) is 42.5. The van der Waals surface area contributed by atoms with Crippen molar-refractivity contribution in [1.29, 1.82) is 0 Å². The molecular formula is C52H76O24. The number of methoxy groups -OCH3 is 1. The Morgan fingerprint density at radius 1 is 0.684 bits per heavy atom. The van der Waals surface area contributed by atoms with Gasteiger partial charge in [-0.25, -0.2) is 0 Å². The van der Waals surface area contributed by atoms with Crippen LogP contribution in [0.5, 0.6) is 17.2 Å². The summed E-state index contributed by atoms with van der Waals surface area (Å²) in [7, 11) is 1.18. The molecule has 428 valence electrons. The predicted octanol–water partition coefficient (Wildman–Crippen LogP) is -0.249. The van der Waals surface area contributed by atoms with Gasteiger partial charge < -0.3 is 108 Å². The second kappa shape index (κ2) is 23.4. The molecule has 1 aliphatic carbocycles. The number of rotatable bonds is 15. The number of phenolic OH excluding ortho intramolecular Hbond substituents is 2. The van der Waals surface area contributed by atoms with Gasteiger partial charge in [0, 0.05) is 50.7 Å². The van der Waals surface area contributed by atoms with Crippen LogP contribution in [-0.4, -0.2) is 222 Å². The highest BCUT2D eigenvalue weighted by Gasteiger charge is 2.51. The average Bonchev–Trinajstić information content (AvgIpc) is 3.38. The molecular weight excluding hydrogens is 1010 g/mol.